The van der Waals surface area contributed by atoms with Crippen LogP contribution in [-0.2, 0) is 4.79 Å². The first-order valence-corrected chi connectivity index (χ1v) is 7.78. The molecule has 3 nitrogen and oxygen atoms in total. The Morgan fingerprint density at radius 3 is 2.30 bits per heavy atom. The largest absolute Gasteiger partial charge is 0.326 e. The van der Waals surface area contributed by atoms with Gasteiger partial charge in [-0.25, -0.2) is 8.78 Å². The van der Waals surface area contributed by atoms with Gasteiger partial charge in [0.1, 0.15) is 11.6 Å². The third-order valence-corrected chi connectivity index (χ3v) is 4.21. The third kappa shape index (κ3) is 4.63. The molecule has 0 unspecified atom stereocenters. The number of Topliss-reactive ketones (excluding diaryl/α,β-unsaturated/α-hetero) is 1. The molecular weight excluding hydrogens is 320 g/mol. The van der Waals surface area contributed by atoms with Crippen LogP contribution in [-0.4, -0.2) is 16.9 Å². The minimum atomic E-state index is -0.685. The third-order valence-electron chi connectivity index (χ3n) is 3.06. The molecule has 0 saturated heterocycles. The van der Waals surface area contributed by atoms with E-state index in [9.17, 15) is 18.4 Å². The molecule has 6 heteroatoms. The summed E-state index contributed by atoms with van der Waals surface area (Å²) >= 11 is 1.04. The fraction of sp³-hybridized carbons (Fsp3) is 0.176. The van der Waals surface area contributed by atoms with Crippen molar-refractivity contribution in [3.8, 4) is 0 Å². The van der Waals surface area contributed by atoms with Crippen LogP contribution in [0.25, 0.3) is 0 Å². The van der Waals surface area contributed by atoms with Crippen molar-refractivity contribution in [2.75, 3.05) is 5.32 Å². The summed E-state index contributed by atoms with van der Waals surface area (Å²) in [6.45, 7) is 3.06. The molecule has 23 heavy (non-hydrogen) atoms. The fourth-order valence-corrected chi connectivity index (χ4v) is 2.91. The zero-order valence-electron chi connectivity index (χ0n) is 12.6. The van der Waals surface area contributed by atoms with Crippen LogP contribution in [0.1, 0.15) is 24.2 Å². The molecule has 0 bridgehead atoms. The first-order chi connectivity index (χ1) is 10.9. The number of nitrogens with one attached hydrogen (secondary N) is 1. The van der Waals surface area contributed by atoms with E-state index in [-0.39, 0.29) is 16.6 Å². The van der Waals surface area contributed by atoms with Gasteiger partial charge in [-0.2, -0.15) is 0 Å². The van der Waals surface area contributed by atoms with Crippen molar-refractivity contribution in [1.29, 1.82) is 0 Å². The van der Waals surface area contributed by atoms with E-state index in [2.05, 4.69) is 5.32 Å². The van der Waals surface area contributed by atoms with Crippen molar-refractivity contribution in [1.82, 2.24) is 0 Å². The van der Waals surface area contributed by atoms with Gasteiger partial charge in [-0.1, -0.05) is 0 Å². The lowest BCUT2D eigenvalue weighted by Gasteiger charge is -2.11. The summed E-state index contributed by atoms with van der Waals surface area (Å²) in [4.78, 5) is 23.5. The number of thioether (sulfide) groups is 1. The van der Waals surface area contributed by atoms with Gasteiger partial charge < -0.3 is 5.32 Å². The molecule has 0 aromatic heterocycles. The Morgan fingerprint density at radius 2 is 1.74 bits per heavy atom. The van der Waals surface area contributed by atoms with Gasteiger partial charge in [-0.05, 0) is 43.3 Å². The molecule has 0 spiro atoms. The Hall–Kier alpha value is -2.21. The van der Waals surface area contributed by atoms with Crippen LogP contribution in [0.3, 0.4) is 0 Å². The molecular formula is C17H15F2NO2S. The molecule has 2 aromatic rings. The Kier molecular flexibility index (Phi) is 5.50. The quantitative estimate of drug-likeness (QED) is 0.655. The summed E-state index contributed by atoms with van der Waals surface area (Å²) in [5, 5.41) is 2.09. The van der Waals surface area contributed by atoms with E-state index in [0.717, 1.165) is 23.9 Å². The fourth-order valence-electron chi connectivity index (χ4n) is 1.97. The lowest BCUT2D eigenvalue weighted by atomic mass is 10.1. The highest BCUT2D eigenvalue weighted by Crippen LogP contribution is 2.28. The number of carbonyl (C=O) groups is 2. The summed E-state index contributed by atoms with van der Waals surface area (Å²) in [5.74, 6) is -1.71. The van der Waals surface area contributed by atoms with Crippen LogP contribution < -0.4 is 5.32 Å². The zero-order valence-corrected chi connectivity index (χ0v) is 13.4. The minimum Gasteiger partial charge on any atom is -0.326 e. The van der Waals surface area contributed by atoms with E-state index in [1.54, 1.807) is 31.2 Å². The summed E-state index contributed by atoms with van der Waals surface area (Å²) < 4.78 is 26.5. The number of ketones is 1. The van der Waals surface area contributed by atoms with Crippen molar-refractivity contribution in [3.05, 3.63) is 59.7 Å². The van der Waals surface area contributed by atoms with Crippen molar-refractivity contribution >= 4 is 29.1 Å². The van der Waals surface area contributed by atoms with Crippen LogP contribution in [0.4, 0.5) is 14.5 Å². The van der Waals surface area contributed by atoms with Gasteiger partial charge in [0.15, 0.2) is 5.78 Å². The lowest BCUT2D eigenvalue weighted by Crippen LogP contribution is -2.14. The van der Waals surface area contributed by atoms with Crippen molar-refractivity contribution in [3.63, 3.8) is 0 Å². The molecule has 2 aromatic carbocycles. The topological polar surface area (TPSA) is 46.2 Å². The van der Waals surface area contributed by atoms with Gasteiger partial charge in [-0.15, -0.1) is 11.8 Å². The average molecular weight is 335 g/mol. The molecule has 0 aliphatic carbocycles. The summed E-state index contributed by atoms with van der Waals surface area (Å²) in [5.41, 5.74) is 1.06. The molecule has 0 aliphatic rings. The Morgan fingerprint density at radius 1 is 1.09 bits per heavy atom. The smallest absolute Gasteiger partial charge is 0.221 e. The van der Waals surface area contributed by atoms with E-state index < -0.39 is 16.9 Å². The normalized spacial score (nSPS) is 11.8. The lowest BCUT2D eigenvalue weighted by molar-refractivity contribution is -0.114. The molecule has 0 radical (unpaired) electrons. The Labute approximate surface area is 137 Å². The van der Waals surface area contributed by atoms with E-state index >= 15 is 0 Å². The molecule has 0 aliphatic heterocycles. The average Bonchev–Trinajstić information content (AvgIpc) is 2.49. The minimum absolute atomic E-state index is 0.173. The predicted molar refractivity (Wildman–Crippen MR) is 86.8 cm³/mol. The SMILES string of the molecule is CC(=O)Nc1ccc(C(=O)[C@H](C)Sc2ccc(F)cc2F)cc1. The number of rotatable bonds is 5. The first kappa shape index (κ1) is 17.1. The zero-order chi connectivity index (χ0) is 17.0. The van der Waals surface area contributed by atoms with E-state index in [4.69, 9.17) is 0 Å². The second-order valence-corrected chi connectivity index (χ2v) is 6.34. The molecule has 1 atom stereocenters. The van der Waals surface area contributed by atoms with E-state index in [0.29, 0.717) is 11.3 Å². The number of carbonyl (C=O) groups excluding carboxylic acids is 2. The van der Waals surface area contributed by atoms with E-state index in [1.807, 2.05) is 0 Å². The van der Waals surface area contributed by atoms with Gasteiger partial charge in [0.05, 0.1) is 5.25 Å². The van der Waals surface area contributed by atoms with Crippen molar-refractivity contribution in [2.45, 2.75) is 24.0 Å². The molecule has 1 N–H and O–H groups in total. The molecule has 120 valence electrons. The van der Waals surface area contributed by atoms with Crippen LogP contribution in [0.2, 0.25) is 0 Å². The van der Waals surface area contributed by atoms with Gasteiger partial charge in [0.2, 0.25) is 5.91 Å². The Balaban J connectivity index is 2.08. The number of benzene rings is 2. The van der Waals surface area contributed by atoms with Crippen molar-refractivity contribution < 1.29 is 18.4 Å². The van der Waals surface area contributed by atoms with Crippen LogP contribution in [0.5, 0.6) is 0 Å². The molecule has 2 rings (SSSR count). The molecule has 0 heterocycles. The highest BCUT2D eigenvalue weighted by molar-refractivity contribution is 8.00. The highest BCUT2D eigenvalue weighted by Gasteiger charge is 2.18. The van der Waals surface area contributed by atoms with Gasteiger partial charge in [0.25, 0.3) is 0 Å². The highest BCUT2D eigenvalue weighted by atomic mass is 32.2. The summed E-state index contributed by atoms with van der Waals surface area (Å²) in [6.07, 6.45) is 0. The molecule has 0 fully saturated rings. The van der Waals surface area contributed by atoms with Crippen LogP contribution in [0.15, 0.2) is 47.4 Å². The second-order valence-electron chi connectivity index (χ2n) is 4.96. The first-order valence-electron chi connectivity index (χ1n) is 6.90. The number of hydrogen-bond donors (Lipinski definition) is 1. The van der Waals surface area contributed by atoms with Gasteiger partial charge >= 0.3 is 0 Å². The second kappa shape index (κ2) is 7.37. The van der Waals surface area contributed by atoms with Gasteiger partial charge in [-0.3, -0.25) is 9.59 Å². The Bertz CT molecular complexity index is 732. The summed E-state index contributed by atoms with van der Waals surface area (Å²) in [6, 6.07) is 9.73. The summed E-state index contributed by atoms with van der Waals surface area (Å²) in [7, 11) is 0. The number of anilines is 1. The molecule has 0 saturated carbocycles. The van der Waals surface area contributed by atoms with Gasteiger partial charge in [0, 0.05) is 29.1 Å². The maximum atomic E-state index is 13.6. The monoisotopic (exact) mass is 335 g/mol. The maximum absolute atomic E-state index is 13.6. The van der Waals surface area contributed by atoms with Crippen LogP contribution >= 0.6 is 11.8 Å². The van der Waals surface area contributed by atoms with Crippen LogP contribution in [0, 0.1) is 11.6 Å². The van der Waals surface area contributed by atoms with Crippen molar-refractivity contribution in [2.24, 2.45) is 0 Å². The maximum Gasteiger partial charge on any atom is 0.221 e. The molecule has 1 amide bonds. The standard InChI is InChI=1S/C17H15F2NO2S/c1-10(23-16-8-5-13(18)9-15(16)19)17(22)12-3-6-14(7-4-12)20-11(2)21/h3-10H,1-2H3,(H,20,21)/t10-/m0/s1. The number of hydrogen-bond acceptors (Lipinski definition) is 3. The predicted octanol–water partition coefficient (Wildman–Crippen LogP) is 4.29. The number of amides is 1. The number of halogens is 2. The van der Waals surface area contributed by atoms with E-state index in [1.165, 1.54) is 13.0 Å².